The summed E-state index contributed by atoms with van der Waals surface area (Å²) in [5, 5.41) is 0. The smallest absolute Gasteiger partial charge is 0.260 e. The Morgan fingerprint density at radius 1 is 1.15 bits per heavy atom. The molecule has 0 atom stereocenters. The number of nitrogen functional groups attached to an aromatic ring is 1. The first-order chi connectivity index (χ1) is 12.5. The number of anilines is 1. The fourth-order valence-electron chi connectivity index (χ4n) is 4.56. The molecule has 3 fully saturated rings. The maximum atomic E-state index is 15.3. The van der Waals surface area contributed by atoms with Crippen molar-refractivity contribution in [3.8, 4) is 0 Å². The molecule has 4 rings (SSSR count). The topological polar surface area (TPSA) is 62.5 Å². The van der Waals surface area contributed by atoms with E-state index < -0.39 is 5.67 Å². The Hall–Kier alpha value is -1.69. The Kier molecular flexibility index (Phi) is 4.86. The van der Waals surface area contributed by atoms with E-state index in [1.54, 1.807) is 11.1 Å². The number of aromatic nitrogens is 1. The number of carbonyl (C=O) groups is 1. The lowest BCUT2D eigenvalue weighted by molar-refractivity contribution is -0.149. The standard InChI is InChI=1S/C20H29FN4O/c21-20(19(26)25-9-4-17(5-10-25)16-1-2-16)6-11-24(12-7-20)14-15-3-8-23-18(22)13-15/h3,8,13,16-17H,1-2,4-7,9-12,14H2,(H2,22,23). The molecule has 2 saturated heterocycles. The molecule has 1 amide bonds. The Bertz CT molecular complexity index is 647. The Balaban J connectivity index is 1.29. The van der Waals surface area contributed by atoms with Gasteiger partial charge in [0.1, 0.15) is 5.82 Å². The zero-order valence-electron chi connectivity index (χ0n) is 15.4. The molecule has 0 unspecified atom stereocenters. The number of nitrogens with two attached hydrogens (primary N) is 1. The van der Waals surface area contributed by atoms with Gasteiger partial charge in [-0.1, -0.05) is 0 Å². The molecule has 6 heteroatoms. The number of nitrogens with zero attached hydrogens (tertiary/aromatic N) is 3. The molecule has 1 aromatic heterocycles. The van der Waals surface area contributed by atoms with E-state index in [0.29, 0.717) is 18.9 Å². The van der Waals surface area contributed by atoms with Crippen LogP contribution in [-0.4, -0.2) is 52.5 Å². The molecule has 26 heavy (non-hydrogen) atoms. The van der Waals surface area contributed by atoms with Crippen molar-refractivity contribution >= 4 is 11.7 Å². The maximum absolute atomic E-state index is 15.3. The molecule has 0 aromatic carbocycles. The van der Waals surface area contributed by atoms with E-state index in [-0.39, 0.29) is 18.7 Å². The molecule has 1 aromatic rings. The number of alkyl halides is 1. The van der Waals surface area contributed by atoms with Crippen LogP contribution in [0.15, 0.2) is 18.3 Å². The summed E-state index contributed by atoms with van der Waals surface area (Å²) in [6.45, 7) is 3.41. The van der Waals surface area contributed by atoms with E-state index in [4.69, 9.17) is 5.73 Å². The van der Waals surface area contributed by atoms with Crippen molar-refractivity contribution in [1.82, 2.24) is 14.8 Å². The molecule has 2 aliphatic heterocycles. The SMILES string of the molecule is Nc1cc(CN2CCC(F)(C(=O)N3CCC(C4CC4)CC3)CC2)ccn1. The monoisotopic (exact) mass is 360 g/mol. The summed E-state index contributed by atoms with van der Waals surface area (Å²) in [7, 11) is 0. The third kappa shape index (κ3) is 3.85. The lowest BCUT2D eigenvalue weighted by Crippen LogP contribution is -2.53. The van der Waals surface area contributed by atoms with Crippen LogP contribution >= 0.6 is 0 Å². The Morgan fingerprint density at radius 2 is 1.81 bits per heavy atom. The number of pyridine rings is 1. The zero-order chi connectivity index (χ0) is 18.1. The van der Waals surface area contributed by atoms with Gasteiger partial charge in [-0.2, -0.15) is 0 Å². The fraction of sp³-hybridized carbons (Fsp3) is 0.700. The van der Waals surface area contributed by atoms with Crippen molar-refractivity contribution in [1.29, 1.82) is 0 Å². The quantitative estimate of drug-likeness (QED) is 0.897. The largest absolute Gasteiger partial charge is 0.384 e. The summed E-state index contributed by atoms with van der Waals surface area (Å²) in [5.41, 5.74) is 5.12. The number of rotatable bonds is 4. The molecule has 1 saturated carbocycles. The van der Waals surface area contributed by atoms with Crippen molar-refractivity contribution in [2.45, 2.75) is 50.7 Å². The normalized spacial score (nSPS) is 24.6. The first kappa shape index (κ1) is 17.7. The number of carbonyl (C=O) groups excluding carboxylic acids is 1. The molecule has 2 N–H and O–H groups in total. The van der Waals surface area contributed by atoms with Crippen LogP contribution in [0.1, 0.15) is 44.1 Å². The van der Waals surface area contributed by atoms with Crippen LogP contribution in [0.5, 0.6) is 0 Å². The molecular weight excluding hydrogens is 331 g/mol. The van der Waals surface area contributed by atoms with Crippen LogP contribution in [0.25, 0.3) is 0 Å². The van der Waals surface area contributed by atoms with Gasteiger partial charge in [0.25, 0.3) is 5.91 Å². The fourth-order valence-corrected chi connectivity index (χ4v) is 4.56. The van der Waals surface area contributed by atoms with Gasteiger partial charge in [-0.25, -0.2) is 9.37 Å². The maximum Gasteiger partial charge on any atom is 0.260 e. The second kappa shape index (κ2) is 7.14. The summed E-state index contributed by atoms with van der Waals surface area (Å²) in [6.07, 6.45) is 7.09. The minimum atomic E-state index is -1.68. The van der Waals surface area contributed by atoms with Crippen molar-refractivity contribution < 1.29 is 9.18 Å². The molecule has 0 spiro atoms. The summed E-state index contributed by atoms with van der Waals surface area (Å²) < 4.78 is 15.3. The van der Waals surface area contributed by atoms with E-state index in [0.717, 1.165) is 49.9 Å². The molecule has 0 radical (unpaired) electrons. The zero-order valence-corrected chi connectivity index (χ0v) is 15.4. The van der Waals surface area contributed by atoms with Crippen molar-refractivity contribution in [3.63, 3.8) is 0 Å². The summed E-state index contributed by atoms with van der Waals surface area (Å²) in [5.74, 6) is 1.89. The van der Waals surface area contributed by atoms with Crippen molar-refractivity contribution in [2.24, 2.45) is 11.8 Å². The highest BCUT2D eigenvalue weighted by Gasteiger charge is 2.45. The number of amides is 1. The van der Waals surface area contributed by atoms with Crippen molar-refractivity contribution in [2.75, 3.05) is 31.9 Å². The predicted molar refractivity (Wildman–Crippen MR) is 99.0 cm³/mol. The third-order valence-electron chi connectivity index (χ3n) is 6.40. The highest BCUT2D eigenvalue weighted by molar-refractivity contribution is 5.85. The summed E-state index contributed by atoms with van der Waals surface area (Å²) >= 11 is 0. The predicted octanol–water partition coefficient (Wildman–Crippen LogP) is 2.62. The first-order valence-electron chi connectivity index (χ1n) is 9.94. The van der Waals surface area contributed by atoms with Crippen molar-refractivity contribution in [3.05, 3.63) is 23.9 Å². The third-order valence-corrected chi connectivity index (χ3v) is 6.40. The van der Waals surface area contributed by atoms with Gasteiger partial charge in [-0.05, 0) is 55.2 Å². The van der Waals surface area contributed by atoms with Gasteiger partial charge in [-0.15, -0.1) is 0 Å². The highest BCUT2D eigenvalue weighted by Crippen LogP contribution is 2.42. The second-order valence-electron chi connectivity index (χ2n) is 8.30. The molecule has 5 nitrogen and oxygen atoms in total. The summed E-state index contributed by atoms with van der Waals surface area (Å²) in [6, 6.07) is 3.79. The van der Waals surface area contributed by atoms with Crippen LogP contribution in [0.3, 0.4) is 0 Å². The van der Waals surface area contributed by atoms with E-state index in [2.05, 4.69) is 9.88 Å². The second-order valence-corrected chi connectivity index (χ2v) is 8.30. The van der Waals surface area contributed by atoms with Gasteiger partial charge in [0, 0.05) is 51.8 Å². The average Bonchev–Trinajstić information content (AvgIpc) is 3.49. The van der Waals surface area contributed by atoms with E-state index in [1.165, 1.54) is 12.8 Å². The number of halogens is 1. The number of likely N-dealkylation sites (tertiary alicyclic amines) is 2. The first-order valence-corrected chi connectivity index (χ1v) is 9.94. The van der Waals surface area contributed by atoms with Crippen LogP contribution in [-0.2, 0) is 11.3 Å². The van der Waals surface area contributed by atoms with Crippen LogP contribution in [0.2, 0.25) is 0 Å². The average molecular weight is 360 g/mol. The molecule has 3 heterocycles. The van der Waals surface area contributed by atoms with Crippen LogP contribution in [0.4, 0.5) is 10.2 Å². The van der Waals surface area contributed by atoms with Gasteiger partial charge in [0.05, 0.1) is 0 Å². The molecule has 3 aliphatic rings. The van der Waals surface area contributed by atoms with E-state index in [9.17, 15) is 4.79 Å². The van der Waals surface area contributed by atoms with E-state index in [1.807, 2.05) is 12.1 Å². The number of hydrogen-bond donors (Lipinski definition) is 1. The number of piperidine rings is 2. The number of hydrogen-bond acceptors (Lipinski definition) is 4. The summed E-state index contributed by atoms with van der Waals surface area (Å²) in [4.78, 5) is 20.8. The minimum absolute atomic E-state index is 0.264. The van der Waals surface area contributed by atoms with Gasteiger partial charge in [0.2, 0.25) is 0 Å². The Morgan fingerprint density at radius 3 is 2.42 bits per heavy atom. The highest BCUT2D eigenvalue weighted by atomic mass is 19.1. The van der Waals surface area contributed by atoms with Gasteiger partial charge in [-0.3, -0.25) is 9.69 Å². The molecule has 0 bridgehead atoms. The molecular formula is C20H29FN4O. The lowest BCUT2D eigenvalue weighted by atomic mass is 9.88. The van der Waals surface area contributed by atoms with Gasteiger partial charge < -0.3 is 10.6 Å². The van der Waals surface area contributed by atoms with Gasteiger partial charge in [0.15, 0.2) is 5.67 Å². The minimum Gasteiger partial charge on any atom is -0.384 e. The van der Waals surface area contributed by atoms with E-state index >= 15 is 4.39 Å². The van der Waals surface area contributed by atoms with Crippen LogP contribution in [0, 0.1) is 11.8 Å². The molecule has 142 valence electrons. The molecule has 1 aliphatic carbocycles. The van der Waals surface area contributed by atoms with Gasteiger partial charge >= 0.3 is 0 Å². The Labute approximate surface area is 154 Å². The lowest BCUT2D eigenvalue weighted by Gasteiger charge is -2.40. The van der Waals surface area contributed by atoms with Crippen LogP contribution < -0.4 is 5.73 Å².